The molecule has 0 unspecified atom stereocenters. The fourth-order valence-electron chi connectivity index (χ4n) is 2.03. The Kier molecular flexibility index (Phi) is 4.23. The second-order valence-electron chi connectivity index (χ2n) is 4.94. The maximum atomic E-state index is 11.0. The first kappa shape index (κ1) is 14.7. The van der Waals surface area contributed by atoms with Crippen LogP contribution in [0.5, 0.6) is 0 Å². The van der Waals surface area contributed by atoms with Crippen LogP contribution in [0.3, 0.4) is 0 Å². The molecule has 0 amide bonds. The van der Waals surface area contributed by atoms with E-state index < -0.39 is 10.1 Å². The van der Waals surface area contributed by atoms with Crippen LogP contribution in [0.25, 0.3) is 11.1 Å². The molecule has 0 fully saturated rings. The minimum Gasteiger partial charge on any atom is -0.305 e. The highest BCUT2D eigenvalue weighted by molar-refractivity contribution is 7.85. The second-order valence-corrected chi connectivity index (χ2v) is 6.36. The molecular weight excluding hydrogens is 274 g/mol. The summed E-state index contributed by atoms with van der Waals surface area (Å²) in [5.41, 5.74) is 3.12. The molecule has 2 rings (SSSR count). The number of hydrogen-bond acceptors (Lipinski definition) is 3. The van der Waals surface area contributed by atoms with Crippen LogP contribution >= 0.6 is 0 Å². The lowest BCUT2D eigenvalue weighted by molar-refractivity contribution is 0.402. The zero-order valence-electron chi connectivity index (χ0n) is 11.4. The van der Waals surface area contributed by atoms with Crippen molar-refractivity contribution in [2.45, 2.75) is 11.4 Å². The van der Waals surface area contributed by atoms with E-state index in [2.05, 4.69) is 17.0 Å². The van der Waals surface area contributed by atoms with E-state index in [1.807, 2.05) is 26.2 Å². The van der Waals surface area contributed by atoms with Gasteiger partial charge in [-0.15, -0.1) is 0 Å². The van der Waals surface area contributed by atoms with E-state index >= 15 is 0 Å². The summed E-state index contributed by atoms with van der Waals surface area (Å²) in [6, 6.07) is 14.3. The minimum absolute atomic E-state index is 0.0919. The topological polar surface area (TPSA) is 57.6 Å². The van der Waals surface area contributed by atoms with Gasteiger partial charge in [-0.3, -0.25) is 4.55 Å². The third-order valence-corrected chi connectivity index (χ3v) is 3.78. The largest absolute Gasteiger partial charge is 0.305 e. The molecule has 0 saturated carbocycles. The van der Waals surface area contributed by atoms with Crippen LogP contribution in [0.15, 0.2) is 53.4 Å². The van der Waals surface area contributed by atoms with Crippen LogP contribution < -0.4 is 0 Å². The zero-order chi connectivity index (χ0) is 14.8. The van der Waals surface area contributed by atoms with Gasteiger partial charge in [0.15, 0.2) is 0 Å². The summed E-state index contributed by atoms with van der Waals surface area (Å²) < 4.78 is 31.0. The Morgan fingerprint density at radius 2 is 1.65 bits per heavy atom. The molecule has 106 valence electrons. The normalized spacial score (nSPS) is 11.8. The van der Waals surface area contributed by atoms with Crippen molar-refractivity contribution < 1.29 is 13.0 Å². The molecule has 20 heavy (non-hydrogen) atoms. The van der Waals surface area contributed by atoms with Crippen LogP contribution in [0.4, 0.5) is 0 Å². The van der Waals surface area contributed by atoms with Crippen molar-refractivity contribution in [2.24, 2.45) is 0 Å². The summed E-state index contributed by atoms with van der Waals surface area (Å²) in [6.45, 7) is 0.844. The summed E-state index contributed by atoms with van der Waals surface area (Å²) in [4.78, 5) is 1.99. The lowest BCUT2D eigenvalue weighted by atomic mass is 10.0. The van der Waals surface area contributed by atoms with Gasteiger partial charge in [0, 0.05) is 6.54 Å². The van der Waals surface area contributed by atoms with Crippen molar-refractivity contribution in [2.75, 3.05) is 14.1 Å². The van der Waals surface area contributed by atoms with Gasteiger partial charge in [0.25, 0.3) is 10.1 Å². The Morgan fingerprint density at radius 3 is 2.20 bits per heavy atom. The molecule has 2 aromatic carbocycles. The molecule has 5 heteroatoms. The van der Waals surface area contributed by atoms with Gasteiger partial charge in [0.1, 0.15) is 0 Å². The molecule has 0 aliphatic rings. The molecule has 0 radical (unpaired) electrons. The van der Waals surface area contributed by atoms with E-state index in [1.54, 1.807) is 12.1 Å². The smallest absolute Gasteiger partial charge is 0.294 e. The maximum absolute atomic E-state index is 11.0. The van der Waals surface area contributed by atoms with Gasteiger partial charge in [0.05, 0.1) is 4.90 Å². The number of rotatable bonds is 4. The lowest BCUT2D eigenvalue weighted by Crippen LogP contribution is -2.10. The van der Waals surface area contributed by atoms with Gasteiger partial charge in [-0.2, -0.15) is 8.42 Å². The summed E-state index contributed by atoms with van der Waals surface area (Å²) in [5.74, 6) is 0. The summed E-state index contributed by atoms with van der Waals surface area (Å²) >= 11 is 0. The molecule has 0 bridgehead atoms. The van der Waals surface area contributed by atoms with Crippen molar-refractivity contribution in [1.82, 2.24) is 4.90 Å². The van der Waals surface area contributed by atoms with Gasteiger partial charge in [-0.25, -0.2) is 0 Å². The third-order valence-electron chi connectivity index (χ3n) is 2.91. The van der Waals surface area contributed by atoms with Crippen molar-refractivity contribution in [3.05, 3.63) is 54.1 Å². The molecule has 0 saturated heterocycles. The van der Waals surface area contributed by atoms with Crippen molar-refractivity contribution >= 4 is 10.1 Å². The third kappa shape index (κ3) is 3.66. The quantitative estimate of drug-likeness (QED) is 0.880. The van der Waals surface area contributed by atoms with E-state index in [4.69, 9.17) is 4.55 Å². The van der Waals surface area contributed by atoms with E-state index in [9.17, 15) is 8.42 Å². The van der Waals surface area contributed by atoms with Gasteiger partial charge in [0.2, 0.25) is 0 Å². The first-order valence-electron chi connectivity index (χ1n) is 6.18. The van der Waals surface area contributed by atoms with Gasteiger partial charge < -0.3 is 4.90 Å². The number of hydrogen-bond donors (Lipinski definition) is 1. The Morgan fingerprint density at radius 1 is 1.00 bits per heavy atom. The molecule has 4 nitrogen and oxygen atoms in total. The Labute approximate surface area is 119 Å². The fourth-order valence-corrected chi connectivity index (χ4v) is 2.51. The average molecular weight is 291 g/mol. The first-order valence-corrected chi connectivity index (χ1v) is 7.62. The van der Waals surface area contributed by atoms with Crippen molar-refractivity contribution in [3.63, 3.8) is 0 Å². The highest BCUT2D eigenvalue weighted by atomic mass is 32.2. The molecule has 0 aliphatic heterocycles. The number of benzene rings is 2. The molecule has 0 heterocycles. The second kappa shape index (κ2) is 5.75. The fraction of sp³-hybridized carbons (Fsp3) is 0.200. The van der Waals surface area contributed by atoms with Crippen LogP contribution in [-0.2, 0) is 16.7 Å². The average Bonchev–Trinajstić information content (AvgIpc) is 2.37. The molecule has 1 N–H and O–H groups in total. The molecule has 2 aromatic rings. The maximum Gasteiger partial charge on any atom is 0.294 e. The highest BCUT2D eigenvalue weighted by Crippen LogP contribution is 2.22. The Hall–Kier alpha value is -1.69. The minimum atomic E-state index is -4.13. The van der Waals surface area contributed by atoms with Crippen molar-refractivity contribution in [3.8, 4) is 11.1 Å². The molecule has 0 aliphatic carbocycles. The van der Waals surface area contributed by atoms with Gasteiger partial charge in [-0.1, -0.05) is 30.3 Å². The van der Waals surface area contributed by atoms with E-state index in [-0.39, 0.29) is 4.90 Å². The standard InChI is InChI=1S/C15H17NO3S/c1-16(2)11-12-4-3-5-14(10-12)13-6-8-15(9-7-13)20(17,18)19/h3-10H,11H2,1-2H3,(H,17,18,19). The predicted octanol–water partition coefficient (Wildman–Crippen LogP) is 2.66. The van der Waals surface area contributed by atoms with E-state index in [0.717, 1.165) is 17.7 Å². The molecule has 0 spiro atoms. The van der Waals surface area contributed by atoms with E-state index in [0.29, 0.717) is 0 Å². The van der Waals surface area contributed by atoms with Crippen molar-refractivity contribution in [1.29, 1.82) is 0 Å². The summed E-state index contributed by atoms with van der Waals surface area (Å²) in [5, 5.41) is 0. The van der Waals surface area contributed by atoms with Crippen LogP contribution in [-0.4, -0.2) is 32.0 Å². The van der Waals surface area contributed by atoms with Gasteiger partial charge in [-0.05, 0) is 49.0 Å². The monoisotopic (exact) mass is 291 g/mol. The molecule has 0 atom stereocenters. The molecule has 0 aromatic heterocycles. The summed E-state index contributed by atoms with van der Waals surface area (Å²) in [7, 11) is -0.117. The van der Waals surface area contributed by atoms with Crippen LogP contribution in [0.1, 0.15) is 5.56 Å². The Balaban J connectivity index is 2.32. The van der Waals surface area contributed by atoms with Crippen LogP contribution in [0.2, 0.25) is 0 Å². The highest BCUT2D eigenvalue weighted by Gasteiger charge is 2.09. The van der Waals surface area contributed by atoms with Crippen LogP contribution in [0, 0.1) is 0 Å². The first-order chi connectivity index (χ1) is 9.36. The predicted molar refractivity (Wildman–Crippen MR) is 79.1 cm³/mol. The summed E-state index contributed by atoms with van der Waals surface area (Å²) in [6.07, 6.45) is 0. The SMILES string of the molecule is CN(C)Cc1cccc(-c2ccc(S(=O)(=O)O)cc2)c1. The van der Waals surface area contributed by atoms with E-state index in [1.165, 1.54) is 17.7 Å². The van der Waals surface area contributed by atoms with Gasteiger partial charge >= 0.3 is 0 Å². The zero-order valence-corrected chi connectivity index (χ0v) is 12.3. The lowest BCUT2D eigenvalue weighted by Gasteiger charge is -2.11. The molecular formula is C15H17NO3S. The Bertz CT molecular complexity index is 691. The number of nitrogens with zero attached hydrogens (tertiary/aromatic N) is 1.